The molecule has 1 saturated heterocycles. The van der Waals surface area contributed by atoms with Crippen molar-refractivity contribution in [2.24, 2.45) is 0 Å². The lowest BCUT2D eigenvalue weighted by Gasteiger charge is -2.31. The van der Waals surface area contributed by atoms with E-state index in [0.29, 0.717) is 12.2 Å². The predicted molar refractivity (Wildman–Crippen MR) is 106 cm³/mol. The Morgan fingerprint density at radius 3 is 2.86 bits per heavy atom. The van der Waals surface area contributed by atoms with E-state index in [1.165, 1.54) is 5.56 Å². The number of benzene rings is 1. The number of amides is 1. The molecule has 1 aliphatic rings. The lowest BCUT2D eigenvalue weighted by molar-refractivity contribution is 0.0683. The molecule has 146 valence electrons. The largest absolute Gasteiger partial charge is 0.445 e. The quantitative estimate of drug-likeness (QED) is 0.671. The van der Waals surface area contributed by atoms with E-state index in [1.54, 1.807) is 16.9 Å². The average Bonchev–Trinajstić information content (AvgIpc) is 3.38. The molecule has 1 fully saturated rings. The minimum atomic E-state index is 0.0342. The normalized spacial score (nSPS) is 17.2. The lowest BCUT2D eigenvalue weighted by atomic mass is 9.97. The molecule has 0 saturated carbocycles. The average molecular weight is 378 g/mol. The van der Waals surface area contributed by atoms with Crippen LogP contribution in [0.15, 0.2) is 53.2 Å². The van der Waals surface area contributed by atoms with E-state index in [0.717, 1.165) is 37.5 Å². The summed E-state index contributed by atoms with van der Waals surface area (Å²) in [4.78, 5) is 19.4. The van der Waals surface area contributed by atoms with Gasteiger partial charge in [0.1, 0.15) is 11.5 Å². The van der Waals surface area contributed by atoms with E-state index in [1.807, 2.05) is 43.1 Å². The van der Waals surface area contributed by atoms with Crippen molar-refractivity contribution >= 4 is 5.91 Å². The van der Waals surface area contributed by atoms with Crippen LogP contribution in [0.1, 0.15) is 66.4 Å². The Balaban J connectivity index is 1.45. The maximum atomic E-state index is 13.0. The molecular formula is C22H26N4O2. The van der Waals surface area contributed by atoms with Gasteiger partial charge in [0.15, 0.2) is 5.89 Å². The minimum Gasteiger partial charge on any atom is -0.445 e. The molecule has 0 unspecified atom stereocenters. The first-order valence-corrected chi connectivity index (χ1v) is 9.93. The molecule has 3 aromatic rings. The van der Waals surface area contributed by atoms with E-state index < -0.39 is 0 Å². The van der Waals surface area contributed by atoms with Crippen molar-refractivity contribution in [3.05, 3.63) is 71.7 Å². The van der Waals surface area contributed by atoms with E-state index in [2.05, 4.69) is 22.2 Å². The summed E-state index contributed by atoms with van der Waals surface area (Å²) in [7, 11) is 0. The van der Waals surface area contributed by atoms with Gasteiger partial charge in [0.2, 0.25) is 0 Å². The molecule has 0 N–H and O–H groups in total. The minimum absolute atomic E-state index is 0.0342. The van der Waals surface area contributed by atoms with Crippen LogP contribution in [0, 0.1) is 0 Å². The molecule has 1 atom stereocenters. The highest BCUT2D eigenvalue weighted by Gasteiger charge is 2.30. The van der Waals surface area contributed by atoms with Crippen molar-refractivity contribution in [3.8, 4) is 0 Å². The predicted octanol–water partition coefficient (Wildman–Crippen LogP) is 4.06. The van der Waals surface area contributed by atoms with Crippen molar-refractivity contribution in [1.82, 2.24) is 19.7 Å². The van der Waals surface area contributed by atoms with Crippen molar-refractivity contribution in [1.29, 1.82) is 0 Å². The zero-order valence-corrected chi connectivity index (χ0v) is 16.4. The molecule has 6 heteroatoms. The number of hydrogen-bond acceptors (Lipinski definition) is 4. The van der Waals surface area contributed by atoms with Crippen LogP contribution in [-0.4, -0.2) is 38.7 Å². The number of oxazole rings is 1. The number of rotatable bonds is 5. The highest BCUT2D eigenvalue weighted by Crippen LogP contribution is 2.28. The van der Waals surface area contributed by atoms with Crippen LogP contribution < -0.4 is 0 Å². The SMILES string of the molecule is CC(C)n1nccc1C(=O)N1CCC[C@@H](c2ncc(Cc3ccccc3)o2)C1. The molecule has 4 rings (SSSR count). The number of piperidine rings is 1. The zero-order chi connectivity index (χ0) is 19.5. The lowest BCUT2D eigenvalue weighted by Crippen LogP contribution is -2.40. The van der Waals surface area contributed by atoms with Crippen molar-refractivity contribution in [2.45, 2.75) is 45.1 Å². The van der Waals surface area contributed by atoms with Crippen LogP contribution in [-0.2, 0) is 6.42 Å². The monoisotopic (exact) mass is 378 g/mol. The zero-order valence-electron chi connectivity index (χ0n) is 16.4. The van der Waals surface area contributed by atoms with Gasteiger partial charge in [0.25, 0.3) is 5.91 Å². The first-order chi connectivity index (χ1) is 13.6. The van der Waals surface area contributed by atoms with Gasteiger partial charge in [0.05, 0.1) is 12.1 Å². The number of carbonyl (C=O) groups excluding carboxylic acids is 1. The molecule has 0 radical (unpaired) electrons. The maximum Gasteiger partial charge on any atom is 0.272 e. The second kappa shape index (κ2) is 8.00. The summed E-state index contributed by atoms with van der Waals surface area (Å²) >= 11 is 0. The first kappa shape index (κ1) is 18.5. The number of likely N-dealkylation sites (tertiary alicyclic amines) is 1. The van der Waals surface area contributed by atoms with E-state index in [-0.39, 0.29) is 17.9 Å². The van der Waals surface area contributed by atoms with Gasteiger partial charge in [0, 0.05) is 31.7 Å². The second-order valence-corrected chi connectivity index (χ2v) is 7.67. The Kier molecular flexibility index (Phi) is 5.28. The molecule has 6 nitrogen and oxygen atoms in total. The summed E-state index contributed by atoms with van der Waals surface area (Å²) in [6.45, 7) is 5.46. The highest BCUT2D eigenvalue weighted by atomic mass is 16.4. The van der Waals surface area contributed by atoms with E-state index in [9.17, 15) is 4.79 Å². The van der Waals surface area contributed by atoms with Gasteiger partial charge in [-0.25, -0.2) is 4.98 Å². The van der Waals surface area contributed by atoms with Crippen molar-refractivity contribution in [2.75, 3.05) is 13.1 Å². The number of carbonyl (C=O) groups is 1. The molecular weight excluding hydrogens is 352 g/mol. The molecule has 3 heterocycles. The molecule has 1 amide bonds. The van der Waals surface area contributed by atoms with E-state index in [4.69, 9.17) is 4.42 Å². The van der Waals surface area contributed by atoms with Crippen LogP contribution >= 0.6 is 0 Å². The Labute approximate surface area is 165 Å². The van der Waals surface area contributed by atoms with Gasteiger partial charge in [-0.05, 0) is 38.3 Å². The van der Waals surface area contributed by atoms with Crippen LogP contribution in [0.5, 0.6) is 0 Å². The molecule has 28 heavy (non-hydrogen) atoms. The summed E-state index contributed by atoms with van der Waals surface area (Å²) in [5.41, 5.74) is 1.85. The van der Waals surface area contributed by atoms with Gasteiger partial charge >= 0.3 is 0 Å². The summed E-state index contributed by atoms with van der Waals surface area (Å²) in [6, 6.07) is 12.2. The fraction of sp³-hybridized carbons (Fsp3) is 0.409. The van der Waals surface area contributed by atoms with Gasteiger partial charge in [-0.2, -0.15) is 5.10 Å². The number of hydrogen-bond donors (Lipinski definition) is 0. The fourth-order valence-electron chi connectivity index (χ4n) is 3.81. The third kappa shape index (κ3) is 3.86. The van der Waals surface area contributed by atoms with E-state index >= 15 is 0 Å². The topological polar surface area (TPSA) is 64.2 Å². The Morgan fingerprint density at radius 2 is 2.07 bits per heavy atom. The standard InChI is InChI=1S/C22H26N4O2/c1-16(2)26-20(10-11-24-26)22(27)25-12-6-9-18(15-25)21-23-14-19(28-21)13-17-7-4-3-5-8-17/h3-5,7-8,10-11,14,16,18H,6,9,12-13,15H2,1-2H3/t18-/m1/s1. The Hall–Kier alpha value is -2.89. The van der Waals surface area contributed by atoms with Gasteiger partial charge in [-0.3, -0.25) is 9.48 Å². The van der Waals surface area contributed by atoms with Gasteiger partial charge in [-0.15, -0.1) is 0 Å². The van der Waals surface area contributed by atoms with Crippen molar-refractivity contribution < 1.29 is 9.21 Å². The summed E-state index contributed by atoms with van der Waals surface area (Å²) in [5, 5.41) is 4.29. The van der Waals surface area contributed by atoms with Crippen LogP contribution in [0.4, 0.5) is 0 Å². The molecule has 1 aliphatic heterocycles. The third-order valence-electron chi connectivity index (χ3n) is 5.23. The third-order valence-corrected chi connectivity index (χ3v) is 5.23. The van der Waals surface area contributed by atoms with Gasteiger partial charge in [-0.1, -0.05) is 30.3 Å². The maximum absolute atomic E-state index is 13.0. The first-order valence-electron chi connectivity index (χ1n) is 9.93. The molecule has 0 aliphatic carbocycles. The molecule has 0 spiro atoms. The Bertz CT molecular complexity index is 929. The second-order valence-electron chi connectivity index (χ2n) is 7.67. The van der Waals surface area contributed by atoms with Crippen LogP contribution in [0.2, 0.25) is 0 Å². The molecule has 2 aromatic heterocycles. The number of aromatic nitrogens is 3. The van der Waals surface area contributed by atoms with Crippen LogP contribution in [0.3, 0.4) is 0 Å². The smallest absolute Gasteiger partial charge is 0.272 e. The summed E-state index contributed by atoms with van der Waals surface area (Å²) in [5.74, 6) is 1.77. The fourth-order valence-corrected chi connectivity index (χ4v) is 3.81. The number of nitrogens with zero attached hydrogens (tertiary/aromatic N) is 4. The highest BCUT2D eigenvalue weighted by molar-refractivity contribution is 5.92. The van der Waals surface area contributed by atoms with Gasteiger partial charge < -0.3 is 9.32 Å². The van der Waals surface area contributed by atoms with Crippen LogP contribution in [0.25, 0.3) is 0 Å². The molecule has 0 bridgehead atoms. The molecule has 1 aromatic carbocycles. The Morgan fingerprint density at radius 1 is 1.25 bits per heavy atom. The summed E-state index contributed by atoms with van der Waals surface area (Å²) < 4.78 is 7.83. The van der Waals surface area contributed by atoms with Crippen molar-refractivity contribution in [3.63, 3.8) is 0 Å². The summed E-state index contributed by atoms with van der Waals surface area (Å²) in [6.07, 6.45) is 6.17.